The van der Waals surface area contributed by atoms with Crippen molar-refractivity contribution in [2.75, 3.05) is 14.1 Å². The smallest absolute Gasteiger partial charge is 0.209 e. The monoisotopic (exact) mass is 477 g/mol. The standard InChI is InChI=1S/C23H24ClNO8/c1-8(26)13-19(29)17(25(3)4)10-7-9-14(21(31)23(10,33)20(13)30)18(28)15-12(27)6-5-11(24)16(15)22(9,2)32/h5-6,9-10,17,27,29,31-33H,7H2,1-4H3/t9-,10-,17-,22-,23+/m0/s1. The summed E-state index contributed by atoms with van der Waals surface area (Å²) in [6.07, 6.45) is -0.218. The number of aliphatic hydroxyl groups is 4. The number of likely N-dealkylation sites (N-methyl/N-ethyl adjacent to an activating group) is 1. The van der Waals surface area contributed by atoms with E-state index < -0.39 is 74.8 Å². The van der Waals surface area contributed by atoms with Crippen LogP contribution in [0.2, 0.25) is 5.02 Å². The highest BCUT2D eigenvalue weighted by Crippen LogP contribution is 2.57. The van der Waals surface area contributed by atoms with Crippen molar-refractivity contribution in [3.63, 3.8) is 0 Å². The Morgan fingerprint density at radius 3 is 2.30 bits per heavy atom. The number of phenols is 1. The fraction of sp³-hybridized carbons (Fsp3) is 0.435. The zero-order valence-corrected chi connectivity index (χ0v) is 19.1. The van der Waals surface area contributed by atoms with Gasteiger partial charge in [0.05, 0.1) is 17.2 Å². The molecule has 0 saturated carbocycles. The molecule has 10 heteroatoms. The zero-order valence-electron chi connectivity index (χ0n) is 18.4. The van der Waals surface area contributed by atoms with Crippen molar-refractivity contribution in [1.29, 1.82) is 0 Å². The van der Waals surface area contributed by atoms with Gasteiger partial charge in [-0.15, -0.1) is 0 Å². The summed E-state index contributed by atoms with van der Waals surface area (Å²) < 4.78 is 0. The zero-order chi connectivity index (χ0) is 24.8. The van der Waals surface area contributed by atoms with Gasteiger partial charge in [0.15, 0.2) is 17.2 Å². The van der Waals surface area contributed by atoms with Gasteiger partial charge in [0.2, 0.25) is 5.78 Å². The Bertz CT molecular complexity index is 1200. The topological polar surface area (TPSA) is 156 Å². The van der Waals surface area contributed by atoms with Gasteiger partial charge in [0, 0.05) is 28.0 Å². The molecule has 0 heterocycles. The number of hydrogen-bond acceptors (Lipinski definition) is 9. The summed E-state index contributed by atoms with van der Waals surface area (Å²) in [5.74, 6) is -7.35. The second-order valence-corrected chi connectivity index (χ2v) is 9.68. The molecule has 5 atom stereocenters. The first-order valence-corrected chi connectivity index (χ1v) is 10.7. The lowest BCUT2D eigenvalue weighted by Crippen LogP contribution is -2.64. The molecule has 0 saturated heterocycles. The van der Waals surface area contributed by atoms with Crippen molar-refractivity contribution in [3.8, 4) is 5.75 Å². The van der Waals surface area contributed by atoms with Crippen molar-refractivity contribution in [3.05, 3.63) is 50.9 Å². The van der Waals surface area contributed by atoms with Crippen molar-refractivity contribution < 1.29 is 39.9 Å². The number of benzene rings is 1. The average molecular weight is 478 g/mol. The maximum atomic E-state index is 13.4. The average Bonchev–Trinajstić information content (AvgIpc) is 2.69. The Kier molecular flexibility index (Phi) is 5.07. The van der Waals surface area contributed by atoms with Crippen LogP contribution in [0.1, 0.15) is 36.2 Å². The summed E-state index contributed by atoms with van der Waals surface area (Å²) in [5, 5.41) is 55.5. The van der Waals surface area contributed by atoms with Crippen molar-refractivity contribution in [2.24, 2.45) is 11.8 Å². The Labute approximate surface area is 194 Å². The molecular formula is C23H24ClNO8. The van der Waals surface area contributed by atoms with Crippen LogP contribution in [-0.2, 0) is 15.2 Å². The van der Waals surface area contributed by atoms with Crippen molar-refractivity contribution in [2.45, 2.75) is 37.5 Å². The van der Waals surface area contributed by atoms with Gasteiger partial charge in [-0.2, -0.15) is 0 Å². The molecule has 3 aliphatic carbocycles. The summed E-state index contributed by atoms with van der Waals surface area (Å²) >= 11 is 6.28. The van der Waals surface area contributed by atoms with E-state index in [-0.39, 0.29) is 22.6 Å². The van der Waals surface area contributed by atoms with E-state index in [1.54, 1.807) is 14.1 Å². The van der Waals surface area contributed by atoms with Crippen LogP contribution in [0.5, 0.6) is 5.75 Å². The number of aliphatic hydroxyl groups excluding tert-OH is 2. The lowest BCUT2D eigenvalue weighted by atomic mass is 9.55. The number of carbonyl (C=O) groups is 3. The molecular weight excluding hydrogens is 454 g/mol. The predicted octanol–water partition coefficient (Wildman–Crippen LogP) is 1.54. The van der Waals surface area contributed by atoms with E-state index in [0.717, 1.165) is 13.0 Å². The molecule has 33 heavy (non-hydrogen) atoms. The lowest BCUT2D eigenvalue weighted by molar-refractivity contribution is -0.151. The fourth-order valence-electron chi connectivity index (χ4n) is 5.69. The third-order valence-electron chi connectivity index (χ3n) is 7.18. The number of nitrogens with zero attached hydrogens (tertiary/aromatic N) is 1. The second-order valence-electron chi connectivity index (χ2n) is 9.27. The van der Waals surface area contributed by atoms with Gasteiger partial charge in [0.25, 0.3) is 0 Å². The maximum absolute atomic E-state index is 13.4. The molecule has 0 aromatic heterocycles. The van der Waals surface area contributed by atoms with E-state index in [0.29, 0.717) is 0 Å². The summed E-state index contributed by atoms with van der Waals surface area (Å²) in [4.78, 5) is 40.4. The first-order valence-electron chi connectivity index (χ1n) is 10.3. The van der Waals surface area contributed by atoms with E-state index in [2.05, 4.69) is 0 Å². The molecule has 3 aliphatic rings. The normalized spacial score (nSPS) is 33.8. The van der Waals surface area contributed by atoms with E-state index in [9.17, 15) is 39.9 Å². The number of hydrogen-bond donors (Lipinski definition) is 5. The Hall–Kier alpha value is -2.72. The van der Waals surface area contributed by atoms with Gasteiger partial charge in [-0.25, -0.2) is 0 Å². The van der Waals surface area contributed by atoms with E-state index >= 15 is 0 Å². The third kappa shape index (κ3) is 2.80. The third-order valence-corrected chi connectivity index (χ3v) is 7.49. The number of phenolic OH excluding ortho intramolecular Hbond substituents is 1. The van der Waals surface area contributed by atoms with Crippen LogP contribution in [0, 0.1) is 11.8 Å². The number of halogens is 1. The summed E-state index contributed by atoms with van der Waals surface area (Å²) in [6.45, 7) is 2.40. The van der Waals surface area contributed by atoms with E-state index in [1.165, 1.54) is 17.9 Å². The van der Waals surface area contributed by atoms with Crippen LogP contribution < -0.4 is 0 Å². The highest BCUT2D eigenvalue weighted by Gasteiger charge is 2.65. The lowest BCUT2D eigenvalue weighted by Gasteiger charge is -2.53. The number of Topliss-reactive ketones (excluding diaryl/α,β-unsaturated/α-hetero) is 3. The first-order chi connectivity index (χ1) is 15.2. The molecule has 0 amide bonds. The highest BCUT2D eigenvalue weighted by atomic mass is 35.5. The number of rotatable bonds is 2. The highest BCUT2D eigenvalue weighted by molar-refractivity contribution is 6.33. The minimum absolute atomic E-state index is 0.0195. The summed E-state index contributed by atoms with van der Waals surface area (Å²) in [6, 6.07) is 1.41. The fourth-order valence-corrected chi connectivity index (χ4v) is 6.04. The number of carbonyl (C=O) groups excluding carboxylic acids is 3. The molecule has 0 fully saturated rings. The minimum atomic E-state index is -2.70. The number of fused-ring (bicyclic) bond motifs is 3. The largest absolute Gasteiger partial charge is 0.510 e. The van der Waals surface area contributed by atoms with Crippen LogP contribution >= 0.6 is 11.6 Å². The first kappa shape index (κ1) is 23.4. The van der Waals surface area contributed by atoms with Crippen LogP contribution in [0.3, 0.4) is 0 Å². The molecule has 4 rings (SSSR count). The Morgan fingerprint density at radius 2 is 1.76 bits per heavy atom. The van der Waals surface area contributed by atoms with Crippen molar-refractivity contribution in [1.82, 2.24) is 4.90 Å². The van der Waals surface area contributed by atoms with Crippen LogP contribution in [-0.4, -0.2) is 73.5 Å². The molecule has 0 aliphatic heterocycles. The maximum Gasteiger partial charge on any atom is 0.209 e. The molecule has 1 aromatic carbocycles. The second kappa shape index (κ2) is 7.14. The van der Waals surface area contributed by atoms with Gasteiger partial charge < -0.3 is 25.5 Å². The van der Waals surface area contributed by atoms with Crippen LogP contribution in [0.25, 0.3) is 0 Å². The summed E-state index contributed by atoms with van der Waals surface area (Å²) in [7, 11) is 3.11. The van der Waals surface area contributed by atoms with Gasteiger partial charge in [-0.05, 0) is 46.5 Å². The Morgan fingerprint density at radius 1 is 1.15 bits per heavy atom. The van der Waals surface area contributed by atoms with Gasteiger partial charge in [-0.1, -0.05) is 11.6 Å². The number of aromatic hydroxyl groups is 1. The van der Waals surface area contributed by atoms with Gasteiger partial charge in [-0.3, -0.25) is 19.3 Å². The van der Waals surface area contributed by atoms with Crippen LogP contribution in [0.15, 0.2) is 34.8 Å². The molecule has 0 bridgehead atoms. The quantitative estimate of drug-likeness (QED) is 0.399. The molecule has 1 aromatic rings. The Balaban J connectivity index is 2.07. The minimum Gasteiger partial charge on any atom is -0.510 e. The van der Waals surface area contributed by atoms with Gasteiger partial charge >= 0.3 is 0 Å². The number of ketones is 3. The molecule has 0 spiro atoms. The summed E-state index contributed by atoms with van der Waals surface area (Å²) in [5.41, 5.74) is -6.08. The predicted molar refractivity (Wildman–Crippen MR) is 116 cm³/mol. The van der Waals surface area contributed by atoms with E-state index in [1.807, 2.05) is 0 Å². The van der Waals surface area contributed by atoms with Crippen LogP contribution in [0.4, 0.5) is 0 Å². The van der Waals surface area contributed by atoms with Crippen molar-refractivity contribution >= 4 is 29.0 Å². The molecule has 0 unspecified atom stereocenters. The molecule has 9 nitrogen and oxygen atoms in total. The SMILES string of the molecule is CC(=O)C1=C(O)[C@@H](N(C)C)[C@@H]2C[C@H]3C(=C(O)[C@]2(O)C1=O)C(=O)c1c(O)ccc(Cl)c1[C@@]3(C)O. The van der Waals surface area contributed by atoms with E-state index in [4.69, 9.17) is 11.6 Å². The molecule has 176 valence electrons. The molecule has 5 N–H and O–H groups in total. The molecule has 0 radical (unpaired) electrons. The van der Waals surface area contributed by atoms with Gasteiger partial charge in [0.1, 0.15) is 22.8 Å².